The van der Waals surface area contributed by atoms with Gasteiger partial charge in [-0.1, -0.05) is 26.3 Å². The number of benzene rings is 1. The topological polar surface area (TPSA) is 29.5 Å². The Balaban J connectivity index is 2.07. The number of rotatable bonds is 3. The summed E-state index contributed by atoms with van der Waals surface area (Å²) in [7, 11) is 0. The number of aliphatic hydroxyl groups is 1. The Morgan fingerprint density at radius 1 is 1.22 bits per heavy atom. The molecule has 0 radical (unpaired) electrons. The van der Waals surface area contributed by atoms with Gasteiger partial charge in [0.05, 0.1) is 6.10 Å². The minimum Gasteiger partial charge on any atom is -0.488 e. The fourth-order valence-electron chi connectivity index (χ4n) is 2.76. The summed E-state index contributed by atoms with van der Waals surface area (Å²) in [6.45, 7) is 6.53. The lowest BCUT2D eigenvalue weighted by Gasteiger charge is -2.28. The number of hydrogen-bond acceptors (Lipinski definition) is 2. The Morgan fingerprint density at radius 3 is 2.56 bits per heavy atom. The van der Waals surface area contributed by atoms with Crippen LogP contribution < -0.4 is 4.74 Å². The summed E-state index contributed by atoms with van der Waals surface area (Å²) in [5.74, 6) is 1.43. The van der Waals surface area contributed by atoms with E-state index in [-0.39, 0.29) is 12.2 Å². The summed E-state index contributed by atoms with van der Waals surface area (Å²) in [6.07, 6.45) is 3.78. The van der Waals surface area contributed by atoms with Crippen LogP contribution in [0.5, 0.6) is 5.75 Å². The van der Waals surface area contributed by atoms with Crippen molar-refractivity contribution in [2.24, 2.45) is 0 Å². The zero-order chi connectivity index (χ0) is 13.1. The minimum atomic E-state index is -0.302. The van der Waals surface area contributed by atoms with Crippen molar-refractivity contribution in [2.45, 2.75) is 64.6 Å². The van der Waals surface area contributed by atoms with Crippen LogP contribution in [0.1, 0.15) is 56.6 Å². The van der Waals surface area contributed by atoms with Gasteiger partial charge in [-0.15, -0.1) is 0 Å². The molecule has 0 unspecified atom stereocenters. The third-order valence-electron chi connectivity index (χ3n) is 3.82. The summed E-state index contributed by atoms with van der Waals surface area (Å²) in [6, 6.07) is 6.27. The van der Waals surface area contributed by atoms with Crippen LogP contribution in [-0.2, 0) is 0 Å². The molecule has 2 atom stereocenters. The molecule has 1 saturated carbocycles. The Hall–Kier alpha value is -1.02. The zero-order valence-electron chi connectivity index (χ0n) is 11.6. The minimum absolute atomic E-state index is 0.0250. The van der Waals surface area contributed by atoms with E-state index in [4.69, 9.17) is 4.74 Å². The second kappa shape index (κ2) is 5.75. The van der Waals surface area contributed by atoms with Crippen LogP contribution in [0.2, 0.25) is 0 Å². The molecule has 2 heteroatoms. The van der Waals surface area contributed by atoms with Crippen LogP contribution in [-0.4, -0.2) is 17.3 Å². The Bertz CT molecular complexity index is 398. The molecule has 1 aliphatic rings. The van der Waals surface area contributed by atoms with Crippen LogP contribution >= 0.6 is 0 Å². The van der Waals surface area contributed by atoms with Gasteiger partial charge in [0.25, 0.3) is 0 Å². The average molecular weight is 248 g/mol. The second-order valence-corrected chi connectivity index (χ2v) is 5.68. The van der Waals surface area contributed by atoms with Gasteiger partial charge in [0.1, 0.15) is 11.9 Å². The number of ether oxygens (including phenoxy) is 1. The summed E-state index contributed by atoms with van der Waals surface area (Å²) < 4.78 is 5.93. The number of aliphatic hydroxyl groups excluding tert-OH is 1. The van der Waals surface area contributed by atoms with Crippen LogP contribution in [0.25, 0.3) is 0 Å². The molecular weight excluding hydrogens is 224 g/mol. The van der Waals surface area contributed by atoms with Crippen LogP contribution in [0.4, 0.5) is 0 Å². The third-order valence-corrected chi connectivity index (χ3v) is 3.82. The highest BCUT2D eigenvalue weighted by Gasteiger charge is 2.24. The first-order chi connectivity index (χ1) is 8.58. The van der Waals surface area contributed by atoms with Crippen molar-refractivity contribution in [1.82, 2.24) is 0 Å². The van der Waals surface area contributed by atoms with Crippen LogP contribution in [0.15, 0.2) is 18.2 Å². The highest BCUT2D eigenvalue weighted by Crippen LogP contribution is 2.27. The van der Waals surface area contributed by atoms with Crippen molar-refractivity contribution >= 4 is 0 Å². The van der Waals surface area contributed by atoms with Gasteiger partial charge in [-0.2, -0.15) is 0 Å². The van der Waals surface area contributed by atoms with Gasteiger partial charge in [-0.05, 0) is 55.4 Å². The lowest BCUT2D eigenvalue weighted by atomic mass is 9.94. The maximum Gasteiger partial charge on any atom is 0.124 e. The van der Waals surface area contributed by atoms with E-state index in [1.165, 1.54) is 11.1 Å². The Labute approximate surface area is 110 Å². The quantitative estimate of drug-likeness (QED) is 0.881. The molecule has 18 heavy (non-hydrogen) atoms. The molecule has 0 saturated heterocycles. The summed E-state index contributed by atoms with van der Waals surface area (Å²) in [4.78, 5) is 0. The monoisotopic (exact) mass is 248 g/mol. The molecule has 1 aromatic rings. The van der Waals surface area contributed by atoms with Crippen molar-refractivity contribution in [3.05, 3.63) is 29.3 Å². The van der Waals surface area contributed by atoms with Crippen molar-refractivity contribution in [1.29, 1.82) is 0 Å². The maximum absolute atomic E-state index is 9.92. The highest BCUT2D eigenvalue weighted by atomic mass is 16.5. The smallest absolute Gasteiger partial charge is 0.124 e. The van der Waals surface area contributed by atoms with E-state index < -0.39 is 0 Å². The van der Waals surface area contributed by atoms with E-state index in [2.05, 4.69) is 32.9 Å². The molecule has 1 aliphatic carbocycles. The fraction of sp³-hybridized carbons (Fsp3) is 0.625. The largest absolute Gasteiger partial charge is 0.488 e. The molecule has 0 bridgehead atoms. The molecule has 1 N–H and O–H groups in total. The molecule has 0 spiro atoms. The lowest BCUT2D eigenvalue weighted by molar-refractivity contribution is 0.00684. The number of aryl methyl sites for hydroxylation is 1. The van der Waals surface area contributed by atoms with Crippen molar-refractivity contribution in [2.75, 3.05) is 0 Å². The molecule has 2 rings (SSSR count). The highest BCUT2D eigenvalue weighted by molar-refractivity contribution is 5.36. The summed E-state index contributed by atoms with van der Waals surface area (Å²) in [5.41, 5.74) is 2.64. The first-order valence-corrected chi connectivity index (χ1v) is 7.03. The molecule has 0 aromatic heterocycles. The zero-order valence-corrected chi connectivity index (χ0v) is 11.6. The Morgan fingerprint density at radius 2 is 1.94 bits per heavy atom. The first kappa shape index (κ1) is 13.4. The lowest BCUT2D eigenvalue weighted by Crippen LogP contribution is -2.34. The van der Waals surface area contributed by atoms with E-state index in [0.717, 1.165) is 31.4 Å². The Kier molecular flexibility index (Phi) is 4.28. The van der Waals surface area contributed by atoms with Gasteiger partial charge in [-0.3, -0.25) is 0 Å². The predicted molar refractivity (Wildman–Crippen MR) is 74.2 cm³/mol. The van der Waals surface area contributed by atoms with Crippen LogP contribution in [0, 0.1) is 6.92 Å². The van der Waals surface area contributed by atoms with Gasteiger partial charge < -0.3 is 9.84 Å². The van der Waals surface area contributed by atoms with Crippen LogP contribution in [0.3, 0.4) is 0 Å². The first-order valence-electron chi connectivity index (χ1n) is 7.03. The molecule has 0 heterocycles. The maximum atomic E-state index is 9.92. The molecule has 100 valence electrons. The van der Waals surface area contributed by atoms with Gasteiger partial charge >= 0.3 is 0 Å². The SMILES string of the molecule is Cc1cc(O[C@@H]2CCCC[C@H]2O)ccc1C(C)C. The molecule has 0 amide bonds. The van der Waals surface area contributed by atoms with Gasteiger partial charge in [0, 0.05) is 0 Å². The normalized spacial score (nSPS) is 24.3. The molecule has 2 nitrogen and oxygen atoms in total. The van der Waals surface area contributed by atoms with E-state index in [1.807, 2.05) is 6.07 Å². The van der Waals surface area contributed by atoms with Crippen molar-refractivity contribution in [3.8, 4) is 5.75 Å². The van der Waals surface area contributed by atoms with E-state index in [9.17, 15) is 5.11 Å². The molecular formula is C16H24O2. The van der Waals surface area contributed by atoms with Crippen molar-refractivity contribution in [3.63, 3.8) is 0 Å². The predicted octanol–water partition coefficient (Wildman–Crippen LogP) is 3.80. The van der Waals surface area contributed by atoms with E-state index in [0.29, 0.717) is 5.92 Å². The number of hydrogen-bond donors (Lipinski definition) is 1. The van der Waals surface area contributed by atoms with Gasteiger partial charge in [0.15, 0.2) is 0 Å². The summed E-state index contributed by atoms with van der Waals surface area (Å²) in [5, 5.41) is 9.92. The average Bonchev–Trinajstić information content (AvgIpc) is 2.32. The molecule has 1 aromatic carbocycles. The molecule has 1 fully saturated rings. The fourth-order valence-corrected chi connectivity index (χ4v) is 2.76. The second-order valence-electron chi connectivity index (χ2n) is 5.68. The van der Waals surface area contributed by atoms with Crippen molar-refractivity contribution < 1.29 is 9.84 Å². The summed E-state index contributed by atoms with van der Waals surface area (Å²) >= 11 is 0. The van der Waals surface area contributed by atoms with Gasteiger partial charge in [-0.25, -0.2) is 0 Å². The third kappa shape index (κ3) is 3.05. The standard InChI is InChI=1S/C16H24O2/c1-11(2)14-9-8-13(10-12(14)3)18-16-7-5-4-6-15(16)17/h8-11,15-17H,4-7H2,1-3H3/t15-,16-/m1/s1. The van der Waals surface area contributed by atoms with Gasteiger partial charge in [0.2, 0.25) is 0 Å². The van der Waals surface area contributed by atoms with E-state index in [1.54, 1.807) is 0 Å². The van der Waals surface area contributed by atoms with E-state index >= 15 is 0 Å². The molecule has 0 aliphatic heterocycles.